The minimum Gasteiger partial charge on any atom is -0.389 e. The molecule has 1 aliphatic rings. The van der Waals surface area contributed by atoms with Gasteiger partial charge in [0, 0.05) is 18.2 Å². The van der Waals surface area contributed by atoms with Crippen LogP contribution in [0.2, 0.25) is 0 Å². The van der Waals surface area contributed by atoms with Gasteiger partial charge in [0.05, 0.1) is 19.3 Å². The molecular formula is C21H26FNO2. The van der Waals surface area contributed by atoms with Crippen LogP contribution >= 0.6 is 0 Å². The van der Waals surface area contributed by atoms with E-state index >= 15 is 0 Å². The van der Waals surface area contributed by atoms with Gasteiger partial charge in [-0.3, -0.25) is 4.90 Å². The number of ether oxygens (including phenoxy) is 1. The van der Waals surface area contributed by atoms with Crippen LogP contribution in [0.25, 0.3) is 0 Å². The zero-order valence-corrected chi connectivity index (χ0v) is 14.5. The van der Waals surface area contributed by atoms with Crippen molar-refractivity contribution >= 4 is 0 Å². The summed E-state index contributed by atoms with van der Waals surface area (Å²) >= 11 is 0. The average molecular weight is 343 g/mol. The molecule has 0 bridgehead atoms. The van der Waals surface area contributed by atoms with Crippen LogP contribution in [-0.2, 0) is 17.8 Å². The predicted molar refractivity (Wildman–Crippen MR) is 96.8 cm³/mol. The van der Waals surface area contributed by atoms with Crippen LogP contribution in [0.3, 0.4) is 0 Å². The van der Waals surface area contributed by atoms with Gasteiger partial charge in [-0.25, -0.2) is 4.39 Å². The molecule has 4 heteroatoms. The number of hydrogen-bond donors (Lipinski definition) is 1. The first kappa shape index (κ1) is 18.1. The Hall–Kier alpha value is -1.75. The minimum absolute atomic E-state index is 0.192. The molecule has 2 aromatic carbocycles. The third-order valence-corrected chi connectivity index (χ3v) is 4.78. The standard InChI is InChI=1S/C21H26FNO2/c22-21-11-5-4-9-18(21)15-25-16-20(24)14-23-12-6-10-19(23)13-17-7-2-1-3-8-17/h1-5,7-9,11,19-20,24H,6,10,12-16H2/t19-,20+/m0/s1. The Morgan fingerprint density at radius 2 is 1.88 bits per heavy atom. The first-order valence-electron chi connectivity index (χ1n) is 8.99. The normalized spacial score (nSPS) is 19.2. The first-order chi connectivity index (χ1) is 12.2. The van der Waals surface area contributed by atoms with Crippen molar-refractivity contribution in [3.63, 3.8) is 0 Å². The Morgan fingerprint density at radius 3 is 2.68 bits per heavy atom. The van der Waals surface area contributed by atoms with Crippen molar-refractivity contribution in [2.45, 2.75) is 38.0 Å². The molecule has 0 aliphatic carbocycles. The van der Waals surface area contributed by atoms with E-state index in [0.29, 0.717) is 18.2 Å². The number of likely N-dealkylation sites (tertiary alicyclic amines) is 1. The van der Waals surface area contributed by atoms with Crippen LogP contribution < -0.4 is 0 Å². The molecule has 1 fully saturated rings. The van der Waals surface area contributed by atoms with Gasteiger partial charge in [0.2, 0.25) is 0 Å². The van der Waals surface area contributed by atoms with E-state index in [0.717, 1.165) is 19.4 Å². The summed E-state index contributed by atoms with van der Waals surface area (Å²) in [7, 11) is 0. The molecule has 1 N–H and O–H groups in total. The Labute approximate surface area is 149 Å². The van der Waals surface area contributed by atoms with Crippen molar-refractivity contribution in [3.05, 3.63) is 71.5 Å². The molecule has 0 amide bonds. The second-order valence-electron chi connectivity index (χ2n) is 6.74. The molecule has 0 aromatic heterocycles. The first-order valence-corrected chi connectivity index (χ1v) is 8.99. The third-order valence-electron chi connectivity index (χ3n) is 4.78. The fourth-order valence-corrected chi connectivity index (χ4v) is 3.50. The Bertz CT molecular complexity index is 649. The van der Waals surface area contributed by atoms with Gasteiger partial charge in [0.15, 0.2) is 0 Å². The van der Waals surface area contributed by atoms with Crippen molar-refractivity contribution in [2.24, 2.45) is 0 Å². The SMILES string of the molecule is O[C@@H](COCc1ccccc1F)CN1CCC[C@H]1Cc1ccccc1. The highest BCUT2D eigenvalue weighted by molar-refractivity contribution is 5.17. The number of halogens is 1. The van der Waals surface area contributed by atoms with Gasteiger partial charge in [0.1, 0.15) is 5.82 Å². The van der Waals surface area contributed by atoms with E-state index < -0.39 is 6.10 Å². The summed E-state index contributed by atoms with van der Waals surface area (Å²) in [6, 6.07) is 17.5. The number of rotatable bonds is 8. The van der Waals surface area contributed by atoms with E-state index in [9.17, 15) is 9.50 Å². The summed E-state index contributed by atoms with van der Waals surface area (Å²) in [4.78, 5) is 2.35. The van der Waals surface area contributed by atoms with Gasteiger partial charge in [0.25, 0.3) is 0 Å². The van der Waals surface area contributed by atoms with E-state index in [-0.39, 0.29) is 19.0 Å². The lowest BCUT2D eigenvalue weighted by Crippen LogP contribution is -2.39. The Balaban J connectivity index is 1.43. The fourth-order valence-electron chi connectivity index (χ4n) is 3.50. The molecule has 134 valence electrons. The summed E-state index contributed by atoms with van der Waals surface area (Å²) in [5.74, 6) is -0.264. The molecule has 0 saturated carbocycles. The summed E-state index contributed by atoms with van der Waals surface area (Å²) in [5, 5.41) is 10.3. The zero-order chi connectivity index (χ0) is 17.5. The Kier molecular flexibility index (Phi) is 6.56. The number of aliphatic hydroxyl groups is 1. The summed E-state index contributed by atoms with van der Waals surface area (Å²) in [6.45, 7) is 2.04. The molecule has 2 aromatic rings. The van der Waals surface area contributed by atoms with Gasteiger partial charge >= 0.3 is 0 Å². The molecule has 0 radical (unpaired) electrons. The number of aliphatic hydroxyl groups excluding tert-OH is 1. The van der Waals surface area contributed by atoms with E-state index in [4.69, 9.17) is 4.74 Å². The van der Waals surface area contributed by atoms with Crippen molar-refractivity contribution in [1.82, 2.24) is 4.90 Å². The summed E-state index contributed by atoms with van der Waals surface area (Å²) < 4.78 is 19.1. The molecule has 1 heterocycles. The lowest BCUT2D eigenvalue weighted by molar-refractivity contribution is 0.00715. The van der Waals surface area contributed by atoms with E-state index in [2.05, 4.69) is 29.2 Å². The zero-order valence-electron chi connectivity index (χ0n) is 14.5. The molecule has 2 atom stereocenters. The molecule has 3 rings (SSSR count). The van der Waals surface area contributed by atoms with Crippen LogP contribution in [0.5, 0.6) is 0 Å². The van der Waals surface area contributed by atoms with Crippen molar-refractivity contribution < 1.29 is 14.2 Å². The summed E-state index contributed by atoms with van der Waals surface area (Å²) in [6.07, 6.45) is 2.80. The number of hydrogen-bond acceptors (Lipinski definition) is 3. The molecule has 1 aliphatic heterocycles. The van der Waals surface area contributed by atoms with Gasteiger partial charge in [-0.05, 0) is 37.4 Å². The van der Waals surface area contributed by atoms with Crippen LogP contribution in [0.4, 0.5) is 4.39 Å². The predicted octanol–water partition coefficient (Wildman–Crippen LogP) is 3.41. The van der Waals surface area contributed by atoms with Crippen LogP contribution in [0.15, 0.2) is 54.6 Å². The maximum atomic E-state index is 13.5. The quantitative estimate of drug-likeness (QED) is 0.797. The monoisotopic (exact) mass is 343 g/mol. The average Bonchev–Trinajstić information content (AvgIpc) is 3.04. The molecule has 1 saturated heterocycles. The minimum atomic E-state index is -0.553. The second-order valence-corrected chi connectivity index (χ2v) is 6.74. The largest absolute Gasteiger partial charge is 0.389 e. The van der Waals surface area contributed by atoms with Crippen LogP contribution in [-0.4, -0.2) is 41.8 Å². The maximum absolute atomic E-state index is 13.5. The highest BCUT2D eigenvalue weighted by Crippen LogP contribution is 2.21. The highest BCUT2D eigenvalue weighted by atomic mass is 19.1. The van der Waals surface area contributed by atoms with Gasteiger partial charge in [-0.2, -0.15) is 0 Å². The number of benzene rings is 2. The molecule has 3 nitrogen and oxygen atoms in total. The second kappa shape index (κ2) is 9.09. The molecule has 25 heavy (non-hydrogen) atoms. The van der Waals surface area contributed by atoms with Gasteiger partial charge in [-0.1, -0.05) is 48.5 Å². The topological polar surface area (TPSA) is 32.7 Å². The fraction of sp³-hybridized carbons (Fsp3) is 0.429. The van der Waals surface area contributed by atoms with E-state index in [1.54, 1.807) is 18.2 Å². The van der Waals surface area contributed by atoms with Crippen LogP contribution in [0.1, 0.15) is 24.0 Å². The molecular weight excluding hydrogens is 317 g/mol. The highest BCUT2D eigenvalue weighted by Gasteiger charge is 2.26. The molecule has 0 spiro atoms. The van der Waals surface area contributed by atoms with Crippen molar-refractivity contribution in [1.29, 1.82) is 0 Å². The van der Waals surface area contributed by atoms with Crippen molar-refractivity contribution in [2.75, 3.05) is 19.7 Å². The van der Waals surface area contributed by atoms with Gasteiger partial charge in [-0.15, -0.1) is 0 Å². The van der Waals surface area contributed by atoms with Crippen LogP contribution in [0, 0.1) is 5.82 Å². The number of nitrogens with zero attached hydrogens (tertiary/aromatic N) is 1. The molecule has 0 unspecified atom stereocenters. The lowest BCUT2D eigenvalue weighted by Gasteiger charge is -2.27. The maximum Gasteiger partial charge on any atom is 0.128 e. The lowest BCUT2D eigenvalue weighted by atomic mass is 10.0. The summed E-state index contributed by atoms with van der Waals surface area (Å²) in [5.41, 5.74) is 1.86. The van der Waals surface area contributed by atoms with E-state index in [1.807, 2.05) is 6.07 Å². The Morgan fingerprint density at radius 1 is 1.12 bits per heavy atom. The van der Waals surface area contributed by atoms with E-state index in [1.165, 1.54) is 18.1 Å². The smallest absolute Gasteiger partial charge is 0.128 e. The van der Waals surface area contributed by atoms with Gasteiger partial charge < -0.3 is 9.84 Å². The third kappa shape index (κ3) is 5.36. The van der Waals surface area contributed by atoms with Crippen molar-refractivity contribution in [3.8, 4) is 0 Å². The number of β-amino-alcohol motifs (C(OH)–C–C–N with tert-alkyl or cyclic N) is 1.